The Labute approximate surface area is 249 Å². The minimum atomic E-state index is -2.31. The number of aliphatic hydroxyl groups excluding tert-OH is 2. The first-order valence-electron chi connectivity index (χ1n) is 14.7. The highest BCUT2D eigenvalue weighted by atomic mass is 16.6. The molecule has 2 aliphatic carbocycles. The van der Waals surface area contributed by atoms with Crippen LogP contribution in [-0.4, -0.2) is 75.1 Å². The van der Waals surface area contributed by atoms with Crippen LogP contribution in [0.1, 0.15) is 65.4 Å². The van der Waals surface area contributed by atoms with E-state index in [1.165, 1.54) is 24.7 Å². The molecule has 2 aliphatic heterocycles. The van der Waals surface area contributed by atoms with E-state index in [0.29, 0.717) is 12.0 Å². The number of ether oxygens (including phenoxy) is 3. The summed E-state index contributed by atoms with van der Waals surface area (Å²) >= 11 is 0. The van der Waals surface area contributed by atoms with Gasteiger partial charge in [-0.2, -0.15) is 0 Å². The average Bonchev–Trinajstić information content (AvgIpc) is 3.54. The van der Waals surface area contributed by atoms with E-state index in [1.54, 1.807) is 40.7 Å². The number of carbonyl (C=O) groups is 4. The minimum absolute atomic E-state index is 0.0314. The molecule has 3 N–H and O–H groups in total. The van der Waals surface area contributed by atoms with Gasteiger partial charge in [-0.25, -0.2) is 9.59 Å². The molecular weight excluding hydrogens is 560 g/mol. The fourth-order valence-electron chi connectivity index (χ4n) is 8.20. The summed E-state index contributed by atoms with van der Waals surface area (Å²) in [5.74, 6) is -6.06. The topological polar surface area (TPSA) is 170 Å². The zero-order valence-corrected chi connectivity index (χ0v) is 25.1. The summed E-state index contributed by atoms with van der Waals surface area (Å²) in [7, 11) is 0. The number of hydrogen-bond acceptors (Lipinski definition) is 11. The number of furan rings is 1. The van der Waals surface area contributed by atoms with E-state index in [1.807, 2.05) is 0 Å². The number of rotatable bonds is 6. The van der Waals surface area contributed by atoms with Crippen molar-refractivity contribution in [2.24, 2.45) is 28.6 Å². The van der Waals surface area contributed by atoms with Crippen molar-refractivity contribution >= 4 is 23.7 Å². The summed E-state index contributed by atoms with van der Waals surface area (Å²) < 4.78 is 22.2. The van der Waals surface area contributed by atoms with Crippen molar-refractivity contribution in [2.45, 2.75) is 89.3 Å². The lowest BCUT2D eigenvalue weighted by molar-refractivity contribution is -0.227. The molecular formula is C32H40O11. The molecule has 5 rings (SSSR count). The second kappa shape index (κ2) is 10.4. The quantitative estimate of drug-likeness (QED) is 0.249. The Morgan fingerprint density at radius 3 is 2.53 bits per heavy atom. The fraction of sp³-hybridized carbons (Fsp3) is 0.625. The second-order valence-electron chi connectivity index (χ2n) is 13.3. The monoisotopic (exact) mass is 600 g/mol. The Morgan fingerprint density at radius 2 is 1.91 bits per heavy atom. The van der Waals surface area contributed by atoms with Crippen molar-refractivity contribution in [1.82, 2.24) is 0 Å². The highest BCUT2D eigenvalue weighted by Crippen LogP contribution is 2.67. The standard InChI is InChI=1S/C32H40O11/c1-7-16(2)25(36)28(38)42-27-26(37)24(29(4)10-8-22(34)43-30(5)15-41-23(35)13-20(29)30)17(3)32(39)21(33)12-19(31(27,32)6)18-9-11-40-14-18/h8-11,14,16,19-20,24-27,36-37,39H,3,7,12-13,15H2,1-2,4-6H3/t16-,19+,20-,24-,25-,26-,27+,29+,30-,31-,32-/m1/s1. The smallest absolute Gasteiger partial charge is 0.335 e. The highest BCUT2D eigenvalue weighted by Gasteiger charge is 2.75. The Hall–Kier alpha value is -3.28. The summed E-state index contributed by atoms with van der Waals surface area (Å²) in [6.45, 7) is 12.3. The zero-order valence-electron chi connectivity index (χ0n) is 25.1. The maximum atomic E-state index is 13.9. The largest absolute Gasteiger partial charge is 0.472 e. The maximum Gasteiger partial charge on any atom is 0.335 e. The summed E-state index contributed by atoms with van der Waals surface area (Å²) in [5, 5.41) is 35.7. The molecule has 11 atom stereocenters. The van der Waals surface area contributed by atoms with Gasteiger partial charge in [0.1, 0.15) is 18.3 Å². The van der Waals surface area contributed by atoms with Crippen molar-refractivity contribution in [1.29, 1.82) is 0 Å². The van der Waals surface area contributed by atoms with Crippen LogP contribution < -0.4 is 0 Å². The van der Waals surface area contributed by atoms with Gasteiger partial charge < -0.3 is 33.9 Å². The van der Waals surface area contributed by atoms with E-state index >= 15 is 0 Å². The van der Waals surface area contributed by atoms with Crippen molar-refractivity contribution in [3.63, 3.8) is 0 Å². The van der Waals surface area contributed by atoms with E-state index in [0.717, 1.165) is 0 Å². The van der Waals surface area contributed by atoms with Gasteiger partial charge in [0.2, 0.25) is 0 Å². The second-order valence-corrected chi connectivity index (χ2v) is 13.3. The van der Waals surface area contributed by atoms with Gasteiger partial charge in [0, 0.05) is 35.7 Å². The zero-order chi connectivity index (χ0) is 31.7. The summed E-state index contributed by atoms with van der Waals surface area (Å²) in [6.07, 6.45) is 0.982. The molecule has 0 bridgehead atoms. The fourth-order valence-corrected chi connectivity index (χ4v) is 8.20. The molecule has 1 aromatic heterocycles. The van der Waals surface area contributed by atoms with Crippen LogP contribution in [0.4, 0.5) is 0 Å². The van der Waals surface area contributed by atoms with Gasteiger partial charge >= 0.3 is 17.9 Å². The highest BCUT2D eigenvalue weighted by molar-refractivity contribution is 5.96. The molecule has 0 radical (unpaired) electrons. The molecule has 234 valence electrons. The van der Waals surface area contributed by atoms with Crippen LogP contribution in [0.3, 0.4) is 0 Å². The van der Waals surface area contributed by atoms with Gasteiger partial charge in [-0.1, -0.05) is 46.8 Å². The van der Waals surface area contributed by atoms with Gasteiger partial charge in [0.05, 0.1) is 30.5 Å². The summed E-state index contributed by atoms with van der Waals surface area (Å²) in [6, 6.07) is 1.64. The molecule has 11 nitrogen and oxygen atoms in total. The summed E-state index contributed by atoms with van der Waals surface area (Å²) in [4.78, 5) is 52.7. The third-order valence-corrected chi connectivity index (χ3v) is 11.0. The van der Waals surface area contributed by atoms with Crippen LogP contribution in [0, 0.1) is 28.6 Å². The Bertz CT molecular complexity index is 1360. The van der Waals surface area contributed by atoms with Crippen LogP contribution in [0.5, 0.6) is 0 Å². The van der Waals surface area contributed by atoms with Crippen LogP contribution in [0.15, 0.2) is 47.3 Å². The van der Waals surface area contributed by atoms with Crippen LogP contribution in [-0.2, 0) is 33.4 Å². The number of cyclic esters (lactones) is 1. The van der Waals surface area contributed by atoms with Crippen molar-refractivity contribution in [3.8, 4) is 0 Å². The van der Waals surface area contributed by atoms with Gasteiger partial charge in [0.15, 0.2) is 17.5 Å². The molecule has 43 heavy (non-hydrogen) atoms. The number of esters is 3. The van der Waals surface area contributed by atoms with Crippen LogP contribution in [0.25, 0.3) is 0 Å². The lowest BCUT2D eigenvalue weighted by Gasteiger charge is -2.60. The predicted octanol–water partition coefficient (Wildman–Crippen LogP) is 2.38. The number of carbonyl (C=O) groups excluding carboxylic acids is 4. The normalized spacial score (nSPS) is 42.3. The Morgan fingerprint density at radius 1 is 1.21 bits per heavy atom. The number of aliphatic hydroxyl groups is 3. The van der Waals surface area contributed by atoms with E-state index in [4.69, 9.17) is 18.6 Å². The van der Waals surface area contributed by atoms with Gasteiger partial charge in [-0.15, -0.1) is 0 Å². The molecule has 0 amide bonds. The number of allylic oxidation sites excluding steroid dienone is 1. The van der Waals surface area contributed by atoms with Gasteiger partial charge in [-0.05, 0) is 30.0 Å². The first-order valence-corrected chi connectivity index (χ1v) is 14.7. The summed E-state index contributed by atoms with van der Waals surface area (Å²) in [5.41, 5.74) is -6.08. The van der Waals surface area contributed by atoms with Crippen molar-refractivity contribution in [2.75, 3.05) is 6.61 Å². The minimum Gasteiger partial charge on any atom is -0.472 e. The molecule has 0 spiro atoms. The number of hydrogen-bond donors (Lipinski definition) is 3. The van der Waals surface area contributed by atoms with E-state index in [2.05, 4.69) is 6.58 Å². The average molecular weight is 601 g/mol. The Balaban J connectivity index is 1.70. The number of ketones is 1. The van der Waals surface area contributed by atoms with Gasteiger partial charge in [-0.3, -0.25) is 9.59 Å². The van der Waals surface area contributed by atoms with E-state index in [-0.39, 0.29) is 25.0 Å². The molecule has 3 fully saturated rings. The first-order chi connectivity index (χ1) is 20.1. The number of fused-ring (bicyclic) bond motifs is 2. The van der Waals surface area contributed by atoms with E-state index in [9.17, 15) is 34.5 Å². The third kappa shape index (κ3) is 4.34. The SMILES string of the molecule is C=C1[C@@H]([C@@]2(C)C=CC(=O)O[C@]3(C)COC(=O)C[C@H]23)[C@@H](O)[C@H](OC(=O)[C@H](O)[C@H](C)CC)[C@@]2(C)[C@H](c3ccoc3)CC(=O)[C@]12O. The Kier molecular flexibility index (Phi) is 7.55. The predicted molar refractivity (Wildman–Crippen MR) is 149 cm³/mol. The third-order valence-electron chi connectivity index (χ3n) is 11.0. The van der Waals surface area contributed by atoms with E-state index < -0.39 is 87.7 Å². The lowest BCUT2D eigenvalue weighted by Crippen LogP contribution is -2.70. The molecule has 11 heteroatoms. The number of Topliss-reactive ketones (excluding diaryl/α,β-unsaturated/α-hetero) is 1. The van der Waals surface area contributed by atoms with Crippen molar-refractivity contribution < 1.29 is 53.1 Å². The molecule has 3 heterocycles. The van der Waals surface area contributed by atoms with Crippen LogP contribution >= 0.6 is 0 Å². The molecule has 2 saturated carbocycles. The van der Waals surface area contributed by atoms with Gasteiger partial charge in [0.25, 0.3) is 0 Å². The van der Waals surface area contributed by atoms with Crippen LogP contribution in [0.2, 0.25) is 0 Å². The maximum absolute atomic E-state index is 13.9. The molecule has 0 aromatic carbocycles. The molecule has 1 saturated heterocycles. The molecule has 0 unspecified atom stereocenters. The lowest BCUT2D eigenvalue weighted by atomic mass is 9.47. The molecule has 4 aliphatic rings. The molecule has 1 aromatic rings. The van der Waals surface area contributed by atoms with Crippen molar-refractivity contribution in [3.05, 3.63) is 48.5 Å². The first kappa shape index (κ1) is 31.2.